The van der Waals surface area contributed by atoms with Gasteiger partial charge in [0.15, 0.2) is 18.9 Å². The monoisotopic (exact) mass is 522 g/mol. The number of aliphatic hydroxyl groups excluding tert-OH is 6. The molecule has 6 N–H and O–H groups in total. The highest BCUT2D eigenvalue weighted by molar-refractivity contribution is 6.23. The van der Waals surface area contributed by atoms with Gasteiger partial charge in [-0.15, -0.1) is 23.2 Å². The summed E-state index contributed by atoms with van der Waals surface area (Å²) in [5.74, 6) is -0.0399. The minimum Gasteiger partial charge on any atom is -0.394 e. The smallest absolute Gasteiger partial charge is 0.187 e. The molecule has 0 saturated carbocycles. The van der Waals surface area contributed by atoms with E-state index in [2.05, 4.69) is 0 Å². The summed E-state index contributed by atoms with van der Waals surface area (Å²) in [5.41, 5.74) is 0. The van der Waals surface area contributed by atoms with Gasteiger partial charge in [0.05, 0.1) is 36.2 Å². The van der Waals surface area contributed by atoms with Crippen LogP contribution in [0.5, 0.6) is 0 Å². The molecule has 3 heterocycles. The second-order valence-corrected chi connectivity index (χ2v) is 9.16. The fourth-order valence-electron chi connectivity index (χ4n) is 4.12. The Labute approximate surface area is 200 Å². The first-order valence-corrected chi connectivity index (χ1v) is 11.6. The summed E-state index contributed by atoms with van der Waals surface area (Å²) < 4.78 is 33.2. The zero-order valence-corrected chi connectivity index (χ0v) is 19.6. The van der Waals surface area contributed by atoms with Crippen LogP contribution in [0.3, 0.4) is 0 Å². The standard InChI is InChI=1S/C19H32Cl2O12/c1-6-7(23)3-8(24)18(29-6)32-15-12(25)10(5-22)30-17(27)16(15)33-19-13(26)14(28-2)11(21)9(4-20)31-19/h6-19,22-27H,3-5H2,1-2H3/t6-,7-,8-,9-,10-,11+,12-,13-,14+,15+,16+,17+,18-,19-/m1/s1. The predicted molar refractivity (Wildman–Crippen MR) is 111 cm³/mol. The molecule has 14 atom stereocenters. The SMILES string of the molecule is CO[C@@H]1[C@@H](O)[C@@H](O[C@H]2[C@@H](O[C@H]3O[C@H](C)[C@H](O)C[C@H]3O)[C@H](O)[C@@H](CO)O[C@@H]2O)O[C@H](CCl)[C@@H]1Cl. The van der Waals surface area contributed by atoms with Gasteiger partial charge in [0, 0.05) is 13.5 Å². The van der Waals surface area contributed by atoms with Crippen LogP contribution in [-0.2, 0) is 28.4 Å². The Kier molecular flexibility index (Phi) is 9.97. The molecule has 0 amide bonds. The van der Waals surface area contributed by atoms with Crippen LogP contribution in [-0.4, -0.2) is 136 Å². The van der Waals surface area contributed by atoms with Crippen molar-refractivity contribution < 1.29 is 59.1 Å². The zero-order valence-electron chi connectivity index (χ0n) is 18.1. The average molecular weight is 523 g/mol. The highest BCUT2D eigenvalue weighted by Gasteiger charge is 2.52. The summed E-state index contributed by atoms with van der Waals surface area (Å²) in [7, 11) is 1.34. The largest absolute Gasteiger partial charge is 0.394 e. The van der Waals surface area contributed by atoms with Crippen LogP contribution in [0.15, 0.2) is 0 Å². The first-order valence-electron chi connectivity index (χ1n) is 10.6. The average Bonchev–Trinajstić information content (AvgIpc) is 2.78. The third-order valence-electron chi connectivity index (χ3n) is 6.10. The molecule has 0 radical (unpaired) electrons. The third kappa shape index (κ3) is 5.92. The first-order chi connectivity index (χ1) is 15.6. The molecule has 3 saturated heterocycles. The van der Waals surface area contributed by atoms with Gasteiger partial charge in [0.25, 0.3) is 0 Å². The maximum absolute atomic E-state index is 10.7. The molecule has 3 fully saturated rings. The van der Waals surface area contributed by atoms with E-state index in [0.29, 0.717) is 0 Å². The molecular weight excluding hydrogens is 491 g/mol. The van der Waals surface area contributed by atoms with Crippen molar-refractivity contribution in [1.29, 1.82) is 0 Å². The van der Waals surface area contributed by atoms with Crippen molar-refractivity contribution in [2.24, 2.45) is 0 Å². The van der Waals surface area contributed by atoms with Gasteiger partial charge in [-0.2, -0.15) is 0 Å². The molecule has 0 bridgehead atoms. The van der Waals surface area contributed by atoms with Gasteiger partial charge in [-0.1, -0.05) is 0 Å². The second kappa shape index (κ2) is 11.9. The molecule has 194 valence electrons. The lowest BCUT2D eigenvalue weighted by Crippen LogP contribution is -2.65. The van der Waals surface area contributed by atoms with Crippen molar-refractivity contribution in [2.45, 2.75) is 98.6 Å². The van der Waals surface area contributed by atoms with Crippen LogP contribution in [0.4, 0.5) is 0 Å². The maximum atomic E-state index is 10.7. The van der Waals surface area contributed by atoms with E-state index in [1.807, 2.05) is 0 Å². The predicted octanol–water partition coefficient (Wildman–Crippen LogP) is -2.37. The van der Waals surface area contributed by atoms with E-state index >= 15 is 0 Å². The summed E-state index contributed by atoms with van der Waals surface area (Å²) in [4.78, 5) is 0. The Hall–Kier alpha value is 0.100. The summed E-state index contributed by atoms with van der Waals surface area (Å²) in [6.07, 6.45) is -16.0. The second-order valence-electron chi connectivity index (χ2n) is 8.35. The Balaban J connectivity index is 1.81. The Bertz CT molecular complexity index is 619. The topological polar surface area (TPSA) is 177 Å². The third-order valence-corrected chi connectivity index (χ3v) is 6.94. The summed E-state index contributed by atoms with van der Waals surface area (Å²) in [6, 6.07) is 0. The van der Waals surface area contributed by atoms with Crippen LogP contribution in [0.1, 0.15) is 13.3 Å². The van der Waals surface area contributed by atoms with Crippen LogP contribution >= 0.6 is 23.2 Å². The first kappa shape index (κ1) is 27.7. The van der Waals surface area contributed by atoms with Gasteiger partial charge >= 0.3 is 0 Å². The molecule has 0 aromatic heterocycles. The highest BCUT2D eigenvalue weighted by atomic mass is 35.5. The number of aliphatic hydroxyl groups is 6. The minimum absolute atomic E-state index is 0.0399. The normalized spacial score (nSPS) is 51.5. The van der Waals surface area contributed by atoms with Gasteiger partial charge in [0.1, 0.15) is 42.7 Å². The van der Waals surface area contributed by atoms with Gasteiger partial charge in [-0.05, 0) is 6.92 Å². The number of hydrogen-bond acceptors (Lipinski definition) is 12. The van der Waals surface area contributed by atoms with E-state index in [0.717, 1.165) is 0 Å². The van der Waals surface area contributed by atoms with Crippen LogP contribution in [0, 0.1) is 0 Å². The minimum atomic E-state index is -1.72. The molecular formula is C19H32Cl2O12. The summed E-state index contributed by atoms with van der Waals surface area (Å²) in [6.45, 7) is 0.934. The van der Waals surface area contributed by atoms with Gasteiger partial charge in [-0.3, -0.25) is 0 Å². The number of hydrogen-bond donors (Lipinski definition) is 6. The Morgan fingerprint density at radius 1 is 0.848 bits per heavy atom. The van der Waals surface area contributed by atoms with E-state index < -0.39 is 91.9 Å². The van der Waals surface area contributed by atoms with Crippen molar-refractivity contribution in [3.63, 3.8) is 0 Å². The number of ether oxygens (including phenoxy) is 6. The van der Waals surface area contributed by atoms with Gasteiger partial charge < -0.3 is 59.1 Å². The lowest BCUT2D eigenvalue weighted by molar-refractivity contribution is -0.375. The van der Waals surface area contributed by atoms with E-state index in [4.69, 9.17) is 51.6 Å². The lowest BCUT2D eigenvalue weighted by atomic mass is 9.97. The van der Waals surface area contributed by atoms with Crippen molar-refractivity contribution in [3.8, 4) is 0 Å². The van der Waals surface area contributed by atoms with Crippen molar-refractivity contribution in [2.75, 3.05) is 19.6 Å². The molecule has 14 heteroatoms. The fourth-order valence-corrected chi connectivity index (χ4v) is 4.88. The Morgan fingerprint density at radius 3 is 2.12 bits per heavy atom. The van der Waals surface area contributed by atoms with Crippen molar-refractivity contribution >= 4 is 23.2 Å². The molecule has 33 heavy (non-hydrogen) atoms. The van der Waals surface area contributed by atoms with E-state index in [1.165, 1.54) is 7.11 Å². The molecule has 3 aliphatic rings. The van der Waals surface area contributed by atoms with E-state index in [1.54, 1.807) is 6.92 Å². The quantitative estimate of drug-likeness (QED) is 0.196. The molecule has 0 aromatic carbocycles. The van der Waals surface area contributed by atoms with Crippen LogP contribution in [0.2, 0.25) is 0 Å². The fraction of sp³-hybridized carbons (Fsp3) is 1.00. The van der Waals surface area contributed by atoms with E-state index in [-0.39, 0.29) is 12.3 Å². The molecule has 0 aromatic rings. The molecule has 0 unspecified atom stereocenters. The molecule has 3 aliphatic heterocycles. The molecule has 3 rings (SSSR count). The number of alkyl halides is 2. The zero-order chi connectivity index (χ0) is 24.4. The van der Waals surface area contributed by atoms with E-state index in [9.17, 15) is 30.6 Å². The van der Waals surface area contributed by atoms with Crippen molar-refractivity contribution in [1.82, 2.24) is 0 Å². The number of rotatable bonds is 7. The summed E-state index contributed by atoms with van der Waals surface area (Å²) in [5, 5.41) is 60.8. The highest BCUT2D eigenvalue weighted by Crippen LogP contribution is 2.34. The number of halogens is 2. The lowest BCUT2D eigenvalue weighted by Gasteiger charge is -2.47. The molecule has 0 spiro atoms. The van der Waals surface area contributed by atoms with Crippen molar-refractivity contribution in [3.05, 3.63) is 0 Å². The van der Waals surface area contributed by atoms with Crippen LogP contribution in [0.25, 0.3) is 0 Å². The maximum Gasteiger partial charge on any atom is 0.187 e. The number of methoxy groups -OCH3 is 1. The van der Waals surface area contributed by atoms with Gasteiger partial charge in [0.2, 0.25) is 0 Å². The molecule has 12 nitrogen and oxygen atoms in total. The molecule has 0 aliphatic carbocycles. The van der Waals surface area contributed by atoms with Gasteiger partial charge in [-0.25, -0.2) is 0 Å². The summed E-state index contributed by atoms with van der Waals surface area (Å²) >= 11 is 12.2. The Morgan fingerprint density at radius 2 is 1.52 bits per heavy atom. The van der Waals surface area contributed by atoms with Crippen LogP contribution < -0.4 is 0 Å².